The van der Waals surface area contributed by atoms with Gasteiger partial charge in [0.15, 0.2) is 0 Å². The van der Waals surface area contributed by atoms with Gasteiger partial charge in [0.2, 0.25) is 0 Å². The van der Waals surface area contributed by atoms with Gasteiger partial charge in [-0.15, -0.1) is 11.3 Å². The van der Waals surface area contributed by atoms with Gasteiger partial charge >= 0.3 is 6.03 Å². The Bertz CT molecular complexity index is 841. The number of hydrogen-bond acceptors (Lipinski definition) is 4. The number of benzene rings is 1. The molecule has 3 heterocycles. The summed E-state index contributed by atoms with van der Waals surface area (Å²) in [7, 11) is 0. The standard InChI is InChI=1S/C18H18N4OS/c1-12-8-9-13(11-19-12)20-18(23)22-10-4-6-15(22)17-21-14-5-2-3-7-16(14)24-17/h2-3,5,7-9,11,15H,4,6,10H2,1H3,(H,20,23). The number of nitrogens with zero attached hydrogens (tertiary/aromatic N) is 3. The van der Waals surface area contributed by atoms with Gasteiger partial charge < -0.3 is 10.2 Å². The summed E-state index contributed by atoms with van der Waals surface area (Å²) in [4.78, 5) is 23.5. The number of aromatic nitrogens is 2. The largest absolute Gasteiger partial charge is 0.322 e. The molecule has 2 aromatic heterocycles. The highest BCUT2D eigenvalue weighted by Gasteiger charge is 2.32. The van der Waals surface area contributed by atoms with Gasteiger partial charge in [0, 0.05) is 12.2 Å². The maximum absolute atomic E-state index is 12.7. The van der Waals surface area contributed by atoms with E-state index in [4.69, 9.17) is 4.98 Å². The molecule has 1 unspecified atom stereocenters. The number of amides is 2. The molecule has 1 saturated heterocycles. The van der Waals surface area contributed by atoms with Crippen LogP contribution in [0.25, 0.3) is 10.2 Å². The SMILES string of the molecule is Cc1ccc(NC(=O)N2CCCC2c2nc3ccccc3s2)cn1. The smallest absolute Gasteiger partial charge is 0.315 e. The summed E-state index contributed by atoms with van der Waals surface area (Å²) in [6, 6.07) is 11.9. The average molecular weight is 338 g/mol. The fourth-order valence-electron chi connectivity index (χ4n) is 3.04. The van der Waals surface area contributed by atoms with Gasteiger partial charge in [-0.25, -0.2) is 9.78 Å². The summed E-state index contributed by atoms with van der Waals surface area (Å²) in [5.41, 5.74) is 2.66. The predicted octanol–water partition coefficient (Wildman–Crippen LogP) is 4.37. The maximum Gasteiger partial charge on any atom is 0.322 e. The van der Waals surface area contributed by atoms with Crippen molar-refractivity contribution in [3.63, 3.8) is 0 Å². The minimum absolute atomic E-state index is 0.0563. The normalized spacial score (nSPS) is 17.4. The second-order valence-corrected chi connectivity index (χ2v) is 7.05. The van der Waals surface area contributed by atoms with E-state index in [1.807, 2.05) is 42.2 Å². The number of carbonyl (C=O) groups excluding carboxylic acids is 1. The molecule has 3 aromatic rings. The molecule has 1 aliphatic heterocycles. The second-order valence-electron chi connectivity index (χ2n) is 5.99. The third-order valence-corrected chi connectivity index (χ3v) is 5.41. The zero-order valence-corrected chi connectivity index (χ0v) is 14.2. The van der Waals surface area contributed by atoms with E-state index >= 15 is 0 Å². The van der Waals surface area contributed by atoms with Crippen LogP contribution in [0.1, 0.15) is 29.6 Å². The number of rotatable bonds is 2. The quantitative estimate of drug-likeness (QED) is 0.755. The molecule has 0 bridgehead atoms. The molecule has 1 aliphatic rings. The average Bonchev–Trinajstić information content (AvgIpc) is 3.23. The van der Waals surface area contributed by atoms with E-state index in [0.717, 1.165) is 41.3 Å². The number of para-hydroxylation sites is 1. The topological polar surface area (TPSA) is 58.1 Å². The zero-order chi connectivity index (χ0) is 16.5. The summed E-state index contributed by atoms with van der Waals surface area (Å²) in [6.45, 7) is 2.68. The van der Waals surface area contributed by atoms with E-state index in [1.54, 1.807) is 17.5 Å². The minimum atomic E-state index is -0.0811. The van der Waals surface area contributed by atoms with Crippen molar-refractivity contribution in [2.24, 2.45) is 0 Å². The number of anilines is 1. The predicted molar refractivity (Wildman–Crippen MR) is 96.3 cm³/mol. The van der Waals surface area contributed by atoms with Crippen molar-refractivity contribution in [2.45, 2.75) is 25.8 Å². The van der Waals surface area contributed by atoms with Gasteiger partial charge in [0.1, 0.15) is 5.01 Å². The number of nitrogens with one attached hydrogen (secondary N) is 1. The lowest BCUT2D eigenvalue weighted by Crippen LogP contribution is -2.34. The first-order chi connectivity index (χ1) is 11.7. The van der Waals surface area contributed by atoms with E-state index in [-0.39, 0.29) is 12.1 Å². The van der Waals surface area contributed by atoms with E-state index in [9.17, 15) is 4.79 Å². The molecule has 4 rings (SSSR count). The van der Waals surface area contributed by atoms with Crippen LogP contribution in [0.5, 0.6) is 0 Å². The van der Waals surface area contributed by atoms with E-state index < -0.39 is 0 Å². The van der Waals surface area contributed by atoms with Crippen LogP contribution in [0.3, 0.4) is 0 Å². The summed E-state index contributed by atoms with van der Waals surface area (Å²) in [6.07, 6.45) is 3.65. The zero-order valence-electron chi connectivity index (χ0n) is 13.4. The molecule has 1 aromatic carbocycles. The number of pyridine rings is 1. The summed E-state index contributed by atoms with van der Waals surface area (Å²) >= 11 is 1.68. The molecule has 0 radical (unpaired) electrons. The van der Waals surface area contributed by atoms with Crippen LogP contribution >= 0.6 is 11.3 Å². The minimum Gasteiger partial charge on any atom is -0.315 e. The first-order valence-electron chi connectivity index (χ1n) is 8.06. The molecule has 0 aliphatic carbocycles. The lowest BCUT2D eigenvalue weighted by molar-refractivity contribution is 0.207. The molecular formula is C18H18N4OS. The highest BCUT2D eigenvalue weighted by atomic mass is 32.1. The number of carbonyl (C=O) groups is 1. The molecule has 1 fully saturated rings. The Hall–Kier alpha value is -2.47. The Balaban J connectivity index is 1.55. The van der Waals surface area contributed by atoms with Crippen molar-refractivity contribution < 1.29 is 4.79 Å². The third kappa shape index (κ3) is 2.85. The van der Waals surface area contributed by atoms with Crippen molar-refractivity contribution in [1.29, 1.82) is 0 Å². The molecule has 24 heavy (non-hydrogen) atoms. The van der Waals surface area contributed by atoms with Crippen LogP contribution in [0.2, 0.25) is 0 Å². The highest BCUT2D eigenvalue weighted by molar-refractivity contribution is 7.18. The molecule has 122 valence electrons. The van der Waals surface area contributed by atoms with Gasteiger partial charge in [0.25, 0.3) is 0 Å². The van der Waals surface area contributed by atoms with Gasteiger partial charge in [-0.3, -0.25) is 4.98 Å². The van der Waals surface area contributed by atoms with Crippen LogP contribution in [0.4, 0.5) is 10.5 Å². The fourth-order valence-corrected chi connectivity index (χ4v) is 4.15. The van der Waals surface area contributed by atoms with Crippen LogP contribution < -0.4 is 5.32 Å². The molecule has 1 N–H and O–H groups in total. The monoisotopic (exact) mass is 338 g/mol. The Kier molecular flexibility index (Phi) is 3.90. The number of urea groups is 1. The van der Waals surface area contributed by atoms with Gasteiger partial charge in [-0.2, -0.15) is 0 Å². The van der Waals surface area contributed by atoms with Gasteiger partial charge in [0.05, 0.1) is 28.1 Å². The summed E-state index contributed by atoms with van der Waals surface area (Å²) in [5.74, 6) is 0. The molecule has 2 amide bonds. The van der Waals surface area contributed by atoms with Crippen molar-refractivity contribution in [2.75, 3.05) is 11.9 Å². The Morgan fingerprint density at radius 2 is 2.17 bits per heavy atom. The molecule has 1 atom stereocenters. The fraction of sp³-hybridized carbons (Fsp3) is 0.278. The van der Waals surface area contributed by atoms with Crippen molar-refractivity contribution in [3.8, 4) is 0 Å². The van der Waals surface area contributed by atoms with E-state index in [2.05, 4.69) is 16.4 Å². The van der Waals surface area contributed by atoms with E-state index in [1.165, 1.54) is 4.70 Å². The molecule has 5 nitrogen and oxygen atoms in total. The van der Waals surface area contributed by atoms with Crippen molar-refractivity contribution >= 4 is 33.3 Å². The number of likely N-dealkylation sites (tertiary alicyclic amines) is 1. The van der Waals surface area contributed by atoms with Crippen LogP contribution in [-0.2, 0) is 0 Å². The molecular weight excluding hydrogens is 320 g/mol. The van der Waals surface area contributed by atoms with Crippen molar-refractivity contribution in [3.05, 3.63) is 53.3 Å². The van der Waals surface area contributed by atoms with Crippen LogP contribution in [0, 0.1) is 6.92 Å². The lowest BCUT2D eigenvalue weighted by atomic mass is 10.2. The molecule has 0 spiro atoms. The summed E-state index contributed by atoms with van der Waals surface area (Å²) in [5, 5.41) is 3.97. The third-order valence-electron chi connectivity index (χ3n) is 4.27. The van der Waals surface area contributed by atoms with Gasteiger partial charge in [-0.1, -0.05) is 12.1 Å². The van der Waals surface area contributed by atoms with E-state index in [0.29, 0.717) is 0 Å². The second kappa shape index (κ2) is 6.20. The van der Waals surface area contributed by atoms with Crippen molar-refractivity contribution in [1.82, 2.24) is 14.9 Å². The molecule has 0 saturated carbocycles. The number of hydrogen-bond donors (Lipinski definition) is 1. The van der Waals surface area contributed by atoms with Crippen LogP contribution in [0.15, 0.2) is 42.6 Å². The lowest BCUT2D eigenvalue weighted by Gasteiger charge is -2.23. The van der Waals surface area contributed by atoms with Crippen LogP contribution in [-0.4, -0.2) is 27.4 Å². The first kappa shape index (κ1) is 15.1. The molecule has 6 heteroatoms. The Morgan fingerprint density at radius 1 is 1.29 bits per heavy atom. The van der Waals surface area contributed by atoms with Gasteiger partial charge in [-0.05, 0) is 44.0 Å². The number of aryl methyl sites for hydroxylation is 1. The Morgan fingerprint density at radius 3 is 2.96 bits per heavy atom. The first-order valence-corrected chi connectivity index (χ1v) is 8.88. The number of fused-ring (bicyclic) bond motifs is 1. The summed E-state index contributed by atoms with van der Waals surface area (Å²) < 4.78 is 1.17. The highest BCUT2D eigenvalue weighted by Crippen LogP contribution is 2.36. The number of thiazole rings is 1. The maximum atomic E-state index is 12.7. The Labute approximate surface area is 144 Å².